The van der Waals surface area contributed by atoms with Crippen LogP contribution in [-0.4, -0.2) is 46.2 Å². The lowest BCUT2D eigenvalue weighted by atomic mass is 9.77. The molecular weight excluding hydrogens is 392 g/mol. The van der Waals surface area contributed by atoms with Crippen LogP contribution in [-0.2, 0) is 23.1 Å². The standard InChI is InChI=1S/C21H27ClN4O3/c1-25-13-16(12-24-25)6-7-20(28)26-9-3-8-21(14-26,11-19(23)27)15-29-18-5-2-4-17(22)10-18/h2,4-5,10,12-13H,3,6-9,11,14-15H2,1H3,(H2,23,27). The highest BCUT2D eigenvalue weighted by molar-refractivity contribution is 6.30. The topological polar surface area (TPSA) is 90.5 Å². The number of piperidine rings is 1. The molecule has 29 heavy (non-hydrogen) atoms. The Morgan fingerprint density at radius 2 is 2.21 bits per heavy atom. The first kappa shape index (κ1) is 21.2. The van der Waals surface area contributed by atoms with Gasteiger partial charge in [-0.2, -0.15) is 5.10 Å². The summed E-state index contributed by atoms with van der Waals surface area (Å²) >= 11 is 6.02. The van der Waals surface area contributed by atoms with Gasteiger partial charge in [0.2, 0.25) is 11.8 Å². The molecule has 2 N–H and O–H groups in total. The van der Waals surface area contributed by atoms with Crippen molar-refractivity contribution in [3.63, 3.8) is 0 Å². The van der Waals surface area contributed by atoms with Crippen LogP contribution in [0.3, 0.4) is 0 Å². The van der Waals surface area contributed by atoms with Crippen molar-refractivity contribution >= 4 is 23.4 Å². The molecule has 1 aromatic heterocycles. The first-order chi connectivity index (χ1) is 13.8. The van der Waals surface area contributed by atoms with Crippen molar-refractivity contribution in [2.24, 2.45) is 18.2 Å². The van der Waals surface area contributed by atoms with Crippen LogP contribution in [0.2, 0.25) is 5.02 Å². The van der Waals surface area contributed by atoms with Crippen LogP contribution in [0, 0.1) is 5.41 Å². The Morgan fingerprint density at radius 1 is 1.38 bits per heavy atom. The summed E-state index contributed by atoms with van der Waals surface area (Å²) in [7, 11) is 1.86. The molecule has 1 saturated heterocycles. The number of aromatic nitrogens is 2. The Balaban J connectivity index is 1.64. The number of amides is 2. The number of ether oxygens (including phenoxy) is 1. The number of hydrogen-bond donors (Lipinski definition) is 1. The van der Waals surface area contributed by atoms with Gasteiger partial charge in [-0.25, -0.2) is 0 Å². The Bertz CT molecular complexity index is 869. The van der Waals surface area contributed by atoms with Gasteiger partial charge in [0, 0.05) is 49.6 Å². The number of halogens is 1. The molecule has 7 nitrogen and oxygen atoms in total. The van der Waals surface area contributed by atoms with Crippen molar-refractivity contribution in [2.75, 3.05) is 19.7 Å². The SMILES string of the molecule is Cn1cc(CCC(=O)N2CCCC(COc3cccc(Cl)c3)(CC(N)=O)C2)cn1. The minimum Gasteiger partial charge on any atom is -0.493 e. The van der Waals surface area contributed by atoms with Gasteiger partial charge >= 0.3 is 0 Å². The fourth-order valence-electron chi connectivity index (χ4n) is 3.91. The van der Waals surface area contributed by atoms with E-state index in [9.17, 15) is 9.59 Å². The zero-order chi connectivity index (χ0) is 20.9. The molecule has 0 aliphatic carbocycles. The Labute approximate surface area is 175 Å². The molecular formula is C21H27ClN4O3. The quantitative estimate of drug-likeness (QED) is 0.713. The van der Waals surface area contributed by atoms with E-state index in [4.69, 9.17) is 22.1 Å². The average Bonchev–Trinajstić information content (AvgIpc) is 3.09. The highest BCUT2D eigenvalue weighted by Crippen LogP contribution is 2.35. The number of rotatable bonds is 8. The number of nitrogens with zero attached hydrogens (tertiary/aromatic N) is 3. The third kappa shape index (κ3) is 5.97. The molecule has 0 spiro atoms. The zero-order valence-electron chi connectivity index (χ0n) is 16.6. The molecule has 1 aliphatic rings. The molecule has 1 fully saturated rings. The van der Waals surface area contributed by atoms with Crippen LogP contribution in [0.4, 0.5) is 0 Å². The summed E-state index contributed by atoms with van der Waals surface area (Å²) in [5, 5.41) is 4.72. The van der Waals surface area contributed by atoms with Crippen molar-refractivity contribution in [3.8, 4) is 5.75 Å². The number of carbonyl (C=O) groups is 2. The van der Waals surface area contributed by atoms with Crippen LogP contribution < -0.4 is 10.5 Å². The number of benzene rings is 1. The molecule has 2 amide bonds. The predicted molar refractivity (Wildman–Crippen MR) is 111 cm³/mol. The maximum absolute atomic E-state index is 12.8. The van der Waals surface area contributed by atoms with E-state index in [2.05, 4.69) is 5.10 Å². The molecule has 3 rings (SSSR count). The number of primary amides is 1. The molecule has 1 aliphatic heterocycles. The second-order valence-corrected chi connectivity index (χ2v) is 8.27. The second kappa shape index (κ2) is 9.31. The highest BCUT2D eigenvalue weighted by Gasteiger charge is 2.39. The highest BCUT2D eigenvalue weighted by atomic mass is 35.5. The van der Waals surface area contributed by atoms with E-state index in [0.717, 1.165) is 18.4 Å². The molecule has 2 heterocycles. The van der Waals surface area contributed by atoms with Gasteiger partial charge in [0.15, 0.2) is 0 Å². The minimum atomic E-state index is -0.490. The van der Waals surface area contributed by atoms with Gasteiger partial charge in [-0.15, -0.1) is 0 Å². The average molecular weight is 419 g/mol. The van der Waals surface area contributed by atoms with E-state index in [-0.39, 0.29) is 18.2 Å². The van der Waals surface area contributed by atoms with E-state index in [0.29, 0.717) is 43.3 Å². The maximum atomic E-state index is 12.8. The van der Waals surface area contributed by atoms with Crippen LogP contribution in [0.15, 0.2) is 36.7 Å². The first-order valence-corrected chi connectivity index (χ1v) is 10.1. The van der Waals surface area contributed by atoms with E-state index < -0.39 is 5.41 Å². The molecule has 1 atom stereocenters. The van der Waals surface area contributed by atoms with E-state index in [1.165, 1.54) is 0 Å². The van der Waals surface area contributed by atoms with Gasteiger partial charge in [-0.3, -0.25) is 14.3 Å². The minimum absolute atomic E-state index is 0.0742. The molecule has 1 unspecified atom stereocenters. The summed E-state index contributed by atoms with van der Waals surface area (Å²) < 4.78 is 7.68. The zero-order valence-corrected chi connectivity index (χ0v) is 17.4. The van der Waals surface area contributed by atoms with Crippen molar-refractivity contribution in [2.45, 2.75) is 32.1 Å². The molecule has 0 saturated carbocycles. The largest absolute Gasteiger partial charge is 0.493 e. The lowest BCUT2D eigenvalue weighted by Crippen LogP contribution is -2.50. The summed E-state index contributed by atoms with van der Waals surface area (Å²) in [6.07, 6.45) is 6.52. The lowest BCUT2D eigenvalue weighted by Gasteiger charge is -2.42. The number of hydrogen-bond acceptors (Lipinski definition) is 4. The molecule has 8 heteroatoms. The molecule has 0 radical (unpaired) electrons. The van der Waals surface area contributed by atoms with Crippen molar-refractivity contribution in [1.82, 2.24) is 14.7 Å². The lowest BCUT2D eigenvalue weighted by molar-refractivity contribution is -0.137. The van der Waals surface area contributed by atoms with Crippen molar-refractivity contribution < 1.29 is 14.3 Å². The Hall–Kier alpha value is -2.54. The van der Waals surface area contributed by atoms with E-state index in [1.807, 2.05) is 30.3 Å². The van der Waals surface area contributed by atoms with Gasteiger partial charge < -0.3 is 15.4 Å². The summed E-state index contributed by atoms with van der Waals surface area (Å²) in [5.41, 5.74) is 6.07. The fraction of sp³-hybridized carbons (Fsp3) is 0.476. The summed E-state index contributed by atoms with van der Waals surface area (Å²) in [4.78, 5) is 26.4. The second-order valence-electron chi connectivity index (χ2n) is 7.83. The predicted octanol–water partition coefficient (Wildman–Crippen LogP) is 2.57. The fourth-order valence-corrected chi connectivity index (χ4v) is 4.09. The van der Waals surface area contributed by atoms with E-state index in [1.54, 1.807) is 23.0 Å². The van der Waals surface area contributed by atoms with Crippen LogP contribution >= 0.6 is 11.6 Å². The number of aryl methyl sites for hydroxylation is 2. The van der Waals surface area contributed by atoms with Crippen LogP contribution in [0.25, 0.3) is 0 Å². The van der Waals surface area contributed by atoms with Gasteiger partial charge in [0.25, 0.3) is 0 Å². The summed E-state index contributed by atoms with van der Waals surface area (Å²) in [6, 6.07) is 7.15. The van der Waals surface area contributed by atoms with Crippen LogP contribution in [0.1, 0.15) is 31.2 Å². The Morgan fingerprint density at radius 3 is 2.90 bits per heavy atom. The molecule has 0 bridgehead atoms. The first-order valence-electron chi connectivity index (χ1n) is 9.77. The van der Waals surface area contributed by atoms with Gasteiger partial charge in [-0.05, 0) is 43.0 Å². The van der Waals surface area contributed by atoms with Gasteiger partial charge in [0.05, 0.1) is 12.8 Å². The number of carbonyl (C=O) groups excluding carboxylic acids is 2. The smallest absolute Gasteiger partial charge is 0.222 e. The maximum Gasteiger partial charge on any atom is 0.222 e. The van der Waals surface area contributed by atoms with Crippen LogP contribution in [0.5, 0.6) is 5.75 Å². The van der Waals surface area contributed by atoms with Gasteiger partial charge in [0.1, 0.15) is 5.75 Å². The number of likely N-dealkylation sites (tertiary alicyclic amines) is 1. The normalized spacial score (nSPS) is 19.2. The van der Waals surface area contributed by atoms with Crippen molar-refractivity contribution in [1.29, 1.82) is 0 Å². The molecule has 2 aromatic rings. The Kier molecular flexibility index (Phi) is 6.79. The molecule has 156 valence electrons. The molecule has 1 aromatic carbocycles. The third-order valence-corrected chi connectivity index (χ3v) is 5.53. The third-order valence-electron chi connectivity index (χ3n) is 5.29. The monoisotopic (exact) mass is 418 g/mol. The van der Waals surface area contributed by atoms with E-state index >= 15 is 0 Å². The summed E-state index contributed by atoms with van der Waals surface area (Å²) in [6.45, 7) is 1.45. The summed E-state index contributed by atoms with van der Waals surface area (Å²) in [5.74, 6) is 0.330. The van der Waals surface area contributed by atoms with Crippen molar-refractivity contribution in [3.05, 3.63) is 47.2 Å². The van der Waals surface area contributed by atoms with Gasteiger partial charge in [-0.1, -0.05) is 17.7 Å². The number of nitrogens with two attached hydrogens (primary N) is 1.